The van der Waals surface area contributed by atoms with Gasteiger partial charge in [-0.3, -0.25) is 0 Å². The first-order chi connectivity index (χ1) is 10.1. The summed E-state index contributed by atoms with van der Waals surface area (Å²) < 4.78 is 1.74. The van der Waals surface area contributed by atoms with Gasteiger partial charge in [-0.2, -0.15) is 0 Å². The molecule has 1 heterocycles. The fraction of sp³-hybridized carbons (Fsp3) is 0.133. The van der Waals surface area contributed by atoms with Gasteiger partial charge < -0.3 is 5.73 Å². The smallest absolute Gasteiger partial charge is 0.182 e. The number of halogens is 1. The molecule has 0 unspecified atom stereocenters. The number of rotatable bonds is 3. The number of aromatic nitrogens is 4. The van der Waals surface area contributed by atoms with E-state index in [-0.39, 0.29) is 0 Å². The zero-order valence-corrected chi connectivity index (χ0v) is 12.2. The third-order valence-corrected chi connectivity index (χ3v) is 3.57. The molecule has 3 rings (SSSR count). The number of nitrogens with zero attached hydrogens (tertiary/aromatic N) is 4. The monoisotopic (exact) mass is 299 g/mol. The van der Waals surface area contributed by atoms with Crippen LogP contribution in [-0.2, 0) is 6.54 Å². The van der Waals surface area contributed by atoms with Gasteiger partial charge in [-0.05, 0) is 41.1 Å². The first-order valence-corrected chi connectivity index (χ1v) is 6.88. The van der Waals surface area contributed by atoms with Crippen LogP contribution in [0.1, 0.15) is 11.1 Å². The molecule has 2 N–H and O–H groups in total. The molecule has 0 aliphatic heterocycles. The Kier molecular flexibility index (Phi) is 3.58. The molecule has 21 heavy (non-hydrogen) atoms. The van der Waals surface area contributed by atoms with Crippen LogP contribution in [0.3, 0.4) is 0 Å². The molecular weight excluding hydrogens is 286 g/mol. The van der Waals surface area contributed by atoms with Crippen LogP contribution in [-0.4, -0.2) is 20.2 Å². The molecule has 0 aliphatic carbocycles. The summed E-state index contributed by atoms with van der Waals surface area (Å²) in [7, 11) is 0. The van der Waals surface area contributed by atoms with Crippen molar-refractivity contribution in [3.63, 3.8) is 0 Å². The number of hydrogen-bond donors (Lipinski definition) is 1. The highest BCUT2D eigenvalue weighted by Crippen LogP contribution is 2.25. The van der Waals surface area contributed by atoms with Crippen molar-refractivity contribution in [2.75, 3.05) is 5.73 Å². The number of nitrogen functional groups attached to an aromatic ring is 1. The Morgan fingerprint density at radius 1 is 1.14 bits per heavy atom. The highest BCUT2D eigenvalue weighted by molar-refractivity contribution is 6.33. The maximum Gasteiger partial charge on any atom is 0.182 e. The summed E-state index contributed by atoms with van der Waals surface area (Å²) in [5.41, 5.74) is 9.46. The van der Waals surface area contributed by atoms with Crippen LogP contribution in [0.4, 0.5) is 5.69 Å². The molecule has 0 radical (unpaired) electrons. The molecule has 3 aromatic rings. The van der Waals surface area contributed by atoms with Crippen molar-refractivity contribution in [1.82, 2.24) is 20.2 Å². The van der Waals surface area contributed by atoms with Crippen LogP contribution >= 0.6 is 11.6 Å². The van der Waals surface area contributed by atoms with Crippen molar-refractivity contribution in [3.05, 3.63) is 58.6 Å². The van der Waals surface area contributed by atoms with E-state index in [4.69, 9.17) is 17.3 Å². The summed E-state index contributed by atoms with van der Waals surface area (Å²) in [6, 6.07) is 13.7. The SMILES string of the molecule is Cc1ccc(Cn2nnnc2-c2ccc(N)c(Cl)c2)cc1. The minimum atomic E-state index is 0.498. The first-order valence-electron chi connectivity index (χ1n) is 6.50. The van der Waals surface area contributed by atoms with Gasteiger partial charge in [0.25, 0.3) is 0 Å². The molecule has 0 spiro atoms. The minimum absolute atomic E-state index is 0.498. The van der Waals surface area contributed by atoms with E-state index >= 15 is 0 Å². The molecule has 0 saturated carbocycles. The zero-order chi connectivity index (χ0) is 14.8. The standard InChI is InChI=1S/C15H14ClN5/c1-10-2-4-11(5-3-10)9-21-15(18-19-20-21)12-6-7-14(17)13(16)8-12/h2-8H,9,17H2,1H3. The predicted molar refractivity (Wildman–Crippen MR) is 83.0 cm³/mol. The molecule has 0 atom stereocenters. The number of anilines is 1. The Morgan fingerprint density at radius 2 is 1.90 bits per heavy atom. The van der Waals surface area contributed by atoms with E-state index in [9.17, 15) is 0 Å². The van der Waals surface area contributed by atoms with Gasteiger partial charge in [0.15, 0.2) is 5.82 Å². The third-order valence-electron chi connectivity index (χ3n) is 3.24. The van der Waals surface area contributed by atoms with Gasteiger partial charge in [0.1, 0.15) is 0 Å². The Morgan fingerprint density at radius 3 is 2.62 bits per heavy atom. The van der Waals surface area contributed by atoms with Gasteiger partial charge in [-0.25, -0.2) is 4.68 Å². The fourth-order valence-corrected chi connectivity index (χ4v) is 2.23. The molecule has 1 aromatic heterocycles. The van der Waals surface area contributed by atoms with Crippen molar-refractivity contribution >= 4 is 17.3 Å². The minimum Gasteiger partial charge on any atom is -0.398 e. The maximum atomic E-state index is 6.06. The summed E-state index contributed by atoms with van der Waals surface area (Å²) in [4.78, 5) is 0. The molecule has 106 valence electrons. The maximum absolute atomic E-state index is 6.06. The molecule has 6 heteroatoms. The lowest BCUT2D eigenvalue weighted by atomic mass is 10.1. The normalized spacial score (nSPS) is 10.8. The zero-order valence-electron chi connectivity index (χ0n) is 11.5. The summed E-state index contributed by atoms with van der Waals surface area (Å²) in [6.45, 7) is 2.66. The average molecular weight is 300 g/mol. The summed E-state index contributed by atoms with van der Waals surface area (Å²) >= 11 is 6.06. The molecule has 2 aromatic carbocycles. The van der Waals surface area contributed by atoms with E-state index in [0.717, 1.165) is 11.1 Å². The van der Waals surface area contributed by atoms with Crippen molar-refractivity contribution in [2.24, 2.45) is 0 Å². The largest absolute Gasteiger partial charge is 0.398 e. The van der Waals surface area contributed by atoms with Gasteiger partial charge in [-0.1, -0.05) is 41.4 Å². The second-order valence-electron chi connectivity index (χ2n) is 4.88. The topological polar surface area (TPSA) is 69.6 Å². The van der Waals surface area contributed by atoms with Crippen molar-refractivity contribution in [1.29, 1.82) is 0 Å². The summed E-state index contributed by atoms with van der Waals surface area (Å²) in [6.07, 6.45) is 0. The lowest BCUT2D eigenvalue weighted by Crippen LogP contribution is -2.04. The molecule has 0 fully saturated rings. The van der Waals surface area contributed by atoms with E-state index in [1.54, 1.807) is 16.8 Å². The van der Waals surface area contributed by atoms with Crippen molar-refractivity contribution < 1.29 is 0 Å². The van der Waals surface area contributed by atoms with E-state index in [1.165, 1.54) is 5.56 Å². The average Bonchev–Trinajstić information content (AvgIpc) is 2.92. The lowest BCUT2D eigenvalue weighted by molar-refractivity contribution is 0.653. The second-order valence-corrected chi connectivity index (χ2v) is 5.29. The Hall–Kier alpha value is -2.40. The van der Waals surface area contributed by atoms with Gasteiger partial charge in [0.05, 0.1) is 17.3 Å². The quantitative estimate of drug-likeness (QED) is 0.755. The predicted octanol–water partition coefficient (Wildman–Crippen LogP) is 2.93. The fourth-order valence-electron chi connectivity index (χ4n) is 2.05. The molecule has 0 saturated heterocycles. The van der Waals surface area contributed by atoms with Crippen LogP contribution in [0.25, 0.3) is 11.4 Å². The van der Waals surface area contributed by atoms with E-state index < -0.39 is 0 Å². The number of nitrogens with two attached hydrogens (primary N) is 1. The number of tetrazole rings is 1. The van der Waals surface area contributed by atoms with Crippen LogP contribution in [0.15, 0.2) is 42.5 Å². The molecule has 0 amide bonds. The molecule has 5 nitrogen and oxygen atoms in total. The lowest BCUT2D eigenvalue weighted by Gasteiger charge is -2.06. The third kappa shape index (κ3) is 2.87. The van der Waals surface area contributed by atoms with E-state index in [2.05, 4.69) is 46.7 Å². The van der Waals surface area contributed by atoms with Crippen molar-refractivity contribution in [2.45, 2.75) is 13.5 Å². The van der Waals surface area contributed by atoms with Crippen LogP contribution in [0, 0.1) is 6.92 Å². The molecule has 0 bridgehead atoms. The number of aryl methyl sites for hydroxylation is 1. The summed E-state index contributed by atoms with van der Waals surface area (Å²) in [5, 5.41) is 12.4. The molecular formula is C15H14ClN5. The van der Waals surface area contributed by atoms with Gasteiger partial charge >= 0.3 is 0 Å². The second kappa shape index (κ2) is 5.54. The highest BCUT2D eigenvalue weighted by Gasteiger charge is 2.10. The summed E-state index contributed by atoms with van der Waals surface area (Å²) in [5.74, 6) is 0.664. The Labute approximate surface area is 127 Å². The molecule has 0 aliphatic rings. The highest BCUT2D eigenvalue weighted by atomic mass is 35.5. The first kappa shape index (κ1) is 13.6. The number of hydrogen-bond acceptors (Lipinski definition) is 4. The van der Waals surface area contributed by atoms with Crippen LogP contribution in [0.2, 0.25) is 5.02 Å². The van der Waals surface area contributed by atoms with Crippen LogP contribution in [0.5, 0.6) is 0 Å². The van der Waals surface area contributed by atoms with Gasteiger partial charge in [0.2, 0.25) is 0 Å². The van der Waals surface area contributed by atoms with Gasteiger partial charge in [-0.15, -0.1) is 5.10 Å². The van der Waals surface area contributed by atoms with Crippen LogP contribution < -0.4 is 5.73 Å². The number of benzene rings is 2. The Balaban J connectivity index is 1.93. The van der Waals surface area contributed by atoms with E-state index in [1.807, 2.05) is 6.07 Å². The Bertz CT molecular complexity index is 764. The van der Waals surface area contributed by atoms with Crippen molar-refractivity contribution in [3.8, 4) is 11.4 Å². The van der Waals surface area contributed by atoms with E-state index in [0.29, 0.717) is 23.1 Å². The van der Waals surface area contributed by atoms with Gasteiger partial charge in [0, 0.05) is 5.56 Å².